The minimum absolute atomic E-state index is 0.724. The molecule has 5 nitrogen and oxygen atoms in total. The highest BCUT2D eigenvalue weighted by Gasteiger charge is 2.13. The quantitative estimate of drug-likeness (QED) is 0.287. The van der Waals surface area contributed by atoms with Gasteiger partial charge in [-0.2, -0.15) is 5.10 Å². The van der Waals surface area contributed by atoms with E-state index in [0.29, 0.717) is 0 Å². The Labute approximate surface area is 153 Å². The molecule has 0 aliphatic carbocycles. The van der Waals surface area contributed by atoms with Crippen molar-refractivity contribution in [1.82, 2.24) is 9.78 Å². The fourth-order valence-electron chi connectivity index (χ4n) is 2.77. The maximum absolute atomic E-state index is 9.00. The number of para-hydroxylation sites is 1. The van der Waals surface area contributed by atoms with Gasteiger partial charge in [0.25, 0.3) is 0 Å². The minimum atomic E-state index is 0.724. The second-order valence-electron chi connectivity index (χ2n) is 6.14. The van der Waals surface area contributed by atoms with Gasteiger partial charge in [0.15, 0.2) is 0 Å². The third kappa shape index (κ3) is 3.94. The number of oxime groups is 1. The molecule has 0 spiro atoms. The molecule has 0 amide bonds. The Morgan fingerprint density at radius 3 is 2.69 bits per heavy atom. The molecule has 0 saturated heterocycles. The van der Waals surface area contributed by atoms with Crippen molar-refractivity contribution < 1.29 is 9.94 Å². The molecule has 2 aromatic carbocycles. The molecule has 0 atom stereocenters. The molecule has 0 aliphatic rings. The second kappa shape index (κ2) is 8.34. The van der Waals surface area contributed by atoms with E-state index in [0.717, 1.165) is 53.3 Å². The van der Waals surface area contributed by atoms with Crippen LogP contribution in [0.15, 0.2) is 59.9 Å². The Morgan fingerprint density at radius 1 is 1.19 bits per heavy atom. The third-order valence-electron chi connectivity index (χ3n) is 4.16. The number of nitrogens with zero attached hydrogens (tertiary/aromatic N) is 3. The number of unbranched alkanes of at least 4 members (excludes halogenated alkanes) is 1. The van der Waals surface area contributed by atoms with Gasteiger partial charge in [0, 0.05) is 17.3 Å². The standard InChI is InChI=1S/C21H23N3O2/c1-3-4-12-26-20-11-10-17(13-16(20)2)21-18(14-22-25)15-24(23-21)19-8-6-5-7-9-19/h5-11,13-15,25H,3-4,12H2,1-2H3/b22-14+. The van der Waals surface area contributed by atoms with E-state index in [4.69, 9.17) is 9.94 Å². The van der Waals surface area contributed by atoms with Gasteiger partial charge in [-0.1, -0.05) is 36.7 Å². The second-order valence-corrected chi connectivity index (χ2v) is 6.14. The number of hydrogen-bond donors (Lipinski definition) is 1. The SMILES string of the molecule is CCCCOc1ccc(-c2nn(-c3ccccc3)cc2/C=N/O)cc1C. The van der Waals surface area contributed by atoms with Gasteiger partial charge in [-0.25, -0.2) is 4.68 Å². The minimum Gasteiger partial charge on any atom is -0.493 e. The zero-order valence-electron chi connectivity index (χ0n) is 15.1. The fraction of sp³-hybridized carbons (Fsp3) is 0.238. The maximum Gasteiger partial charge on any atom is 0.122 e. The van der Waals surface area contributed by atoms with Crippen molar-refractivity contribution in [2.24, 2.45) is 5.16 Å². The summed E-state index contributed by atoms with van der Waals surface area (Å²) in [6.45, 7) is 4.90. The van der Waals surface area contributed by atoms with E-state index in [1.54, 1.807) is 4.68 Å². The summed E-state index contributed by atoms with van der Waals surface area (Å²) in [5.74, 6) is 0.891. The van der Waals surface area contributed by atoms with Crippen molar-refractivity contribution in [3.63, 3.8) is 0 Å². The molecule has 0 radical (unpaired) electrons. The van der Waals surface area contributed by atoms with Crippen LogP contribution in [0.1, 0.15) is 30.9 Å². The molecule has 0 fully saturated rings. The number of benzene rings is 2. The van der Waals surface area contributed by atoms with E-state index < -0.39 is 0 Å². The molecule has 3 rings (SSSR count). The van der Waals surface area contributed by atoms with Crippen LogP contribution in [0.25, 0.3) is 16.9 Å². The van der Waals surface area contributed by atoms with E-state index in [-0.39, 0.29) is 0 Å². The predicted molar refractivity (Wildman–Crippen MR) is 104 cm³/mol. The van der Waals surface area contributed by atoms with Gasteiger partial charge in [0.05, 0.1) is 18.5 Å². The summed E-state index contributed by atoms with van der Waals surface area (Å²) in [5, 5.41) is 16.9. The van der Waals surface area contributed by atoms with Crippen LogP contribution in [0.5, 0.6) is 5.75 Å². The van der Waals surface area contributed by atoms with E-state index in [1.807, 2.05) is 61.7 Å². The van der Waals surface area contributed by atoms with Crippen molar-refractivity contribution in [2.75, 3.05) is 6.61 Å². The Bertz CT molecular complexity index is 886. The molecule has 0 unspecified atom stereocenters. The molecule has 0 saturated carbocycles. The predicted octanol–water partition coefficient (Wildman–Crippen LogP) is 4.83. The summed E-state index contributed by atoms with van der Waals surface area (Å²) in [4.78, 5) is 0. The highest BCUT2D eigenvalue weighted by Crippen LogP contribution is 2.28. The normalized spacial score (nSPS) is 11.2. The smallest absolute Gasteiger partial charge is 0.122 e. The molecule has 1 heterocycles. The van der Waals surface area contributed by atoms with Gasteiger partial charge >= 0.3 is 0 Å². The number of rotatable bonds is 7. The largest absolute Gasteiger partial charge is 0.493 e. The van der Waals surface area contributed by atoms with Crippen LogP contribution in [0.2, 0.25) is 0 Å². The van der Waals surface area contributed by atoms with Gasteiger partial charge in [0.1, 0.15) is 11.4 Å². The van der Waals surface area contributed by atoms with Crippen LogP contribution in [0.3, 0.4) is 0 Å². The zero-order valence-corrected chi connectivity index (χ0v) is 15.1. The highest BCUT2D eigenvalue weighted by molar-refractivity contribution is 5.88. The van der Waals surface area contributed by atoms with E-state index in [9.17, 15) is 0 Å². The monoisotopic (exact) mass is 349 g/mol. The lowest BCUT2D eigenvalue weighted by atomic mass is 10.1. The fourth-order valence-corrected chi connectivity index (χ4v) is 2.77. The summed E-state index contributed by atoms with van der Waals surface area (Å²) in [6, 6.07) is 15.9. The highest BCUT2D eigenvalue weighted by atomic mass is 16.5. The van der Waals surface area contributed by atoms with Crippen LogP contribution in [0.4, 0.5) is 0 Å². The first-order valence-corrected chi connectivity index (χ1v) is 8.79. The Morgan fingerprint density at radius 2 is 2.00 bits per heavy atom. The van der Waals surface area contributed by atoms with Crippen molar-refractivity contribution in [3.8, 4) is 22.7 Å². The molecule has 0 aliphatic heterocycles. The van der Waals surface area contributed by atoms with Gasteiger partial charge < -0.3 is 9.94 Å². The third-order valence-corrected chi connectivity index (χ3v) is 4.16. The van der Waals surface area contributed by atoms with Crippen molar-refractivity contribution in [3.05, 3.63) is 65.9 Å². The van der Waals surface area contributed by atoms with Crippen molar-refractivity contribution in [1.29, 1.82) is 0 Å². The van der Waals surface area contributed by atoms with Gasteiger partial charge in [0.2, 0.25) is 0 Å². The lowest BCUT2D eigenvalue weighted by molar-refractivity contribution is 0.307. The molecule has 1 aromatic heterocycles. The van der Waals surface area contributed by atoms with Crippen LogP contribution >= 0.6 is 0 Å². The first-order chi connectivity index (χ1) is 12.7. The average molecular weight is 349 g/mol. The molecule has 26 heavy (non-hydrogen) atoms. The van der Waals surface area contributed by atoms with Crippen LogP contribution in [-0.4, -0.2) is 27.8 Å². The van der Waals surface area contributed by atoms with Gasteiger partial charge in [-0.15, -0.1) is 0 Å². The topological polar surface area (TPSA) is 59.6 Å². The van der Waals surface area contributed by atoms with E-state index in [2.05, 4.69) is 17.2 Å². The maximum atomic E-state index is 9.00. The average Bonchev–Trinajstić information content (AvgIpc) is 3.08. The van der Waals surface area contributed by atoms with Crippen molar-refractivity contribution in [2.45, 2.75) is 26.7 Å². The van der Waals surface area contributed by atoms with Gasteiger partial charge in [-0.05, 0) is 49.2 Å². The molecule has 134 valence electrons. The lowest BCUT2D eigenvalue weighted by Gasteiger charge is -2.10. The number of aromatic nitrogens is 2. The summed E-state index contributed by atoms with van der Waals surface area (Å²) < 4.78 is 7.61. The lowest BCUT2D eigenvalue weighted by Crippen LogP contribution is -1.98. The van der Waals surface area contributed by atoms with Crippen LogP contribution in [-0.2, 0) is 0 Å². The molecular weight excluding hydrogens is 326 g/mol. The Balaban J connectivity index is 1.95. The molecule has 1 N–H and O–H groups in total. The van der Waals surface area contributed by atoms with E-state index >= 15 is 0 Å². The number of ether oxygens (including phenoxy) is 1. The number of hydrogen-bond acceptors (Lipinski definition) is 4. The molecule has 5 heteroatoms. The van der Waals surface area contributed by atoms with Crippen molar-refractivity contribution >= 4 is 6.21 Å². The first kappa shape index (κ1) is 17.7. The summed E-state index contributed by atoms with van der Waals surface area (Å²) >= 11 is 0. The molecular formula is C21H23N3O2. The first-order valence-electron chi connectivity index (χ1n) is 8.79. The zero-order chi connectivity index (χ0) is 18.4. The Kier molecular flexibility index (Phi) is 5.69. The molecule has 0 bridgehead atoms. The van der Waals surface area contributed by atoms with E-state index in [1.165, 1.54) is 6.21 Å². The van der Waals surface area contributed by atoms with Crippen LogP contribution in [0, 0.1) is 6.92 Å². The summed E-state index contributed by atoms with van der Waals surface area (Å²) in [5.41, 5.74) is 4.46. The molecule has 3 aromatic rings. The summed E-state index contributed by atoms with van der Waals surface area (Å²) in [6.07, 6.45) is 5.41. The summed E-state index contributed by atoms with van der Waals surface area (Å²) in [7, 11) is 0. The van der Waals surface area contributed by atoms with Gasteiger partial charge in [-0.3, -0.25) is 0 Å². The number of aryl methyl sites for hydroxylation is 1. The Hall–Kier alpha value is -3.08. The van der Waals surface area contributed by atoms with Crippen LogP contribution < -0.4 is 4.74 Å².